The number of furan rings is 1. The zero-order valence-electron chi connectivity index (χ0n) is 17.9. The van der Waals surface area contributed by atoms with Crippen LogP contribution in [0.15, 0.2) is 39.8 Å². The number of nitrogens with one attached hydrogen (secondary N) is 1. The molecule has 1 unspecified atom stereocenters. The normalized spacial score (nSPS) is 16.9. The number of aliphatic hydroxyl groups is 1. The van der Waals surface area contributed by atoms with Crippen molar-refractivity contribution in [3.63, 3.8) is 0 Å². The first kappa shape index (κ1) is 20.8. The van der Waals surface area contributed by atoms with Gasteiger partial charge in [-0.2, -0.15) is 0 Å². The Kier molecular flexibility index (Phi) is 6.04. The number of aromatic nitrogens is 2. The Bertz CT molecular complexity index is 1080. The predicted octanol–water partition coefficient (Wildman–Crippen LogP) is 2.64. The molecule has 4 rings (SSSR count). The van der Waals surface area contributed by atoms with Crippen LogP contribution in [0.4, 0.5) is 0 Å². The summed E-state index contributed by atoms with van der Waals surface area (Å²) in [4.78, 5) is 19.1. The molecule has 3 aromatic rings. The topological polar surface area (TPSA) is 83.5 Å². The van der Waals surface area contributed by atoms with Crippen molar-refractivity contribution in [1.82, 2.24) is 19.8 Å². The van der Waals surface area contributed by atoms with Gasteiger partial charge in [-0.3, -0.25) is 15.0 Å². The van der Waals surface area contributed by atoms with Gasteiger partial charge in [-0.1, -0.05) is 29.8 Å². The minimum absolute atomic E-state index is 0.211. The molecule has 1 saturated heterocycles. The molecule has 7 nitrogen and oxygen atoms in total. The number of benzene rings is 1. The average molecular weight is 411 g/mol. The van der Waals surface area contributed by atoms with E-state index in [1.807, 2.05) is 0 Å². The maximum absolute atomic E-state index is 12.5. The molecule has 0 aliphatic carbocycles. The molecule has 160 valence electrons. The second-order valence-electron chi connectivity index (χ2n) is 8.43. The van der Waals surface area contributed by atoms with Gasteiger partial charge in [-0.25, -0.2) is 4.98 Å². The molecular weight excluding hydrogens is 380 g/mol. The summed E-state index contributed by atoms with van der Waals surface area (Å²) in [5.74, 6) is 1.02. The Morgan fingerprint density at radius 2 is 2.07 bits per heavy atom. The van der Waals surface area contributed by atoms with E-state index in [1.54, 1.807) is 14.0 Å². The van der Waals surface area contributed by atoms with Gasteiger partial charge in [0.2, 0.25) is 5.71 Å². The van der Waals surface area contributed by atoms with Crippen molar-refractivity contribution < 1.29 is 9.52 Å². The summed E-state index contributed by atoms with van der Waals surface area (Å²) in [6.07, 6.45) is 2.65. The molecule has 0 radical (unpaired) electrons. The molecule has 7 heteroatoms. The Morgan fingerprint density at radius 1 is 1.30 bits per heavy atom. The van der Waals surface area contributed by atoms with Crippen LogP contribution >= 0.6 is 0 Å². The third kappa shape index (κ3) is 4.33. The molecule has 0 saturated carbocycles. The molecule has 1 aromatic carbocycles. The van der Waals surface area contributed by atoms with Gasteiger partial charge in [-0.15, -0.1) is 0 Å². The third-order valence-electron chi connectivity index (χ3n) is 6.06. The smallest absolute Gasteiger partial charge is 0.264 e. The standard InChI is InChI=1S/C23H30N4O3/c1-15-5-4-6-18(11-15)13-27-9-7-17(8-10-27)12-24-21(28)19-16(2)30-22-20(19)23(29)26(3)14-25-22/h4-6,11,14,17,21,24,28H,7-10,12-13H2,1-3H3. The van der Waals surface area contributed by atoms with E-state index >= 15 is 0 Å². The molecule has 3 heterocycles. The summed E-state index contributed by atoms with van der Waals surface area (Å²) < 4.78 is 7.00. The van der Waals surface area contributed by atoms with E-state index in [4.69, 9.17) is 4.42 Å². The Hall–Kier alpha value is -2.48. The minimum atomic E-state index is -0.950. The van der Waals surface area contributed by atoms with Gasteiger partial charge in [0.15, 0.2) is 0 Å². The molecule has 2 N–H and O–H groups in total. The van der Waals surface area contributed by atoms with E-state index in [-0.39, 0.29) is 11.3 Å². The van der Waals surface area contributed by atoms with Gasteiger partial charge in [0.1, 0.15) is 23.7 Å². The fraction of sp³-hybridized carbons (Fsp3) is 0.478. The predicted molar refractivity (Wildman–Crippen MR) is 116 cm³/mol. The molecule has 30 heavy (non-hydrogen) atoms. The van der Waals surface area contributed by atoms with Crippen molar-refractivity contribution in [2.75, 3.05) is 19.6 Å². The van der Waals surface area contributed by atoms with Crippen molar-refractivity contribution in [1.29, 1.82) is 0 Å². The Balaban J connectivity index is 1.34. The summed E-state index contributed by atoms with van der Waals surface area (Å²) >= 11 is 0. The van der Waals surface area contributed by atoms with Crippen LogP contribution in [0.2, 0.25) is 0 Å². The van der Waals surface area contributed by atoms with E-state index in [0.29, 0.717) is 29.2 Å². The van der Waals surface area contributed by atoms with Crippen LogP contribution in [-0.4, -0.2) is 39.2 Å². The lowest BCUT2D eigenvalue weighted by molar-refractivity contribution is 0.116. The molecule has 2 aromatic heterocycles. The Morgan fingerprint density at radius 3 is 2.80 bits per heavy atom. The maximum atomic E-state index is 12.5. The van der Waals surface area contributed by atoms with Gasteiger partial charge >= 0.3 is 0 Å². The monoisotopic (exact) mass is 410 g/mol. The first-order chi connectivity index (χ1) is 14.4. The highest BCUT2D eigenvalue weighted by Gasteiger charge is 2.24. The SMILES string of the molecule is Cc1cccc(CN2CCC(CNC(O)c3c(C)oc4ncn(C)c(=O)c34)CC2)c1. The van der Waals surface area contributed by atoms with Gasteiger partial charge < -0.3 is 14.1 Å². The average Bonchev–Trinajstić information content (AvgIpc) is 3.07. The van der Waals surface area contributed by atoms with Crippen LogP contribution in [0.5, 0.6) is 0 Å². The number of aryl methyl sites for hydroxylation is 3. The lowest BCUT2D eigenvalue weighted by atomic mass is 9.96. The number of aliphatic hydroxyl groups excluding tert-OH is 1. The first-order valence-corrected chi connectivity index (χ1v) is 10.6. The van der Waals surface area contributed by atoms with Crippen molar-refractivity contribution in [3.8, 4) is 0 Å². The lowest BCUT2D eigenvalue weighted by Crippen LogP contribution is -2.37. The van der Waals surface area contributed by atoms with E-state index in [2.05, 4.69) is 46.4 Å². The number of hydrogen-bond donors (Lipinski definition) is 2. The molecule has 1 aliphatic heterocycles. The van der Waals surface area contributed by atoms with Crippen LogP contribution in [0.25, 0.3) is 11.1 Å². The molecule has 0 spiro atoms. The van der Waals surface area contributed by atoms with Gasteiger partial charge in [0, 0.05) is 20.1 Å². The van der Waals surface area contributed by atoms with Crippen LogP contribution in [0.3, 0.4) is 0 Å². The quantitative estimate of drug-likeness (QED) is 0.608. The minimum Gasteiger partial charge on any atom is -0.442 e. The maximum Gasteiger partial charge on any atom is 0.264 e. The lowest BCUT2D eigenvalue weighted by Gasteiger charge is -2.32. The molecule has 1 aliphatic rings. The summed E-state index contributed by atoms with van der Waals surface area (Å²) in [5, 5.41) is 14.3. The van der Waals surface area contributed by atoms with Crippen LogP contribution in [0.1, 0.15) is 41.5 Å². The van der Waals surface area contributed by atoms with Crippen molar-refractivity contribution in [2.24, 2.45) is 13.0 Å². The first-order valence-electron chi connectivity index (χ1n) is 10.6. The largest absolute Gasteiger partial charge is 0.442 e. The van der Waals surface area contributed by atoms with E-state index in [1.165, 1.54) is 22.0 Å². The van der Waals surface area contributed by atoms with Crippen LogP contribution in [0, 0.1) is 19.8 Å². The highest BCUT2D eigenvalue weighted by atomic mass is 16.3. The third-order valence-corrected chi connectivity index (χ3v) is 6.06. The molecule has 0 bridgehead atoms. The van der Waals surface area contributed by atoms with E-state index in [9.17, 15) is 9.90 Å². The Labute approximate surface area is 176 Å². The van der Waals surface area contributed by atoms with Crippen molar-refractivity contribution in [3.05, 3.63) is 63.4 Å². The van der Waals surface area contributed by atoms with E-state index in [0.717, 1.165) is 32.5 Å². The second kappa shape index (κ2) is 8.71. The van der Waals surface area contributed by atoms with Crippen molar-refractivity contribution >= 4 is 11.1 Å². The molecule has 0 amide bonds. The summed E-state index contributed by atoms with van der Waals surface area (Å²) in [7, 11) is 1.64. The zero-order chi connectivity index (χ0) is 21.3. The molecule has 1 atom stereocenters. The van der Waals surface area contributed by atoms with E-state index < -0.39 is 6.23 Å². The fourth-order valence-electron chi connectivity index (χ4n) is 4.33. The molecule has 1 fully saturated rings. The number of nitrogens with zero attached hydrogens (tertiary/aromatic N) is 3. The van der Waals surface area contributed by atoms with Crippen LogP contribution in [-0.2, 0) is 13.6 Å². The number of rotatable bonds is 6. The van der Waals surface area contributed by atoms with Gasteiger partial charge in [-0.05, 0) is 51.3 Å². The fourth-order valence-corrected chi connectivity index (χ4v) is 4.33. The van der Waals surface area contributed by atoms with Crippen molar-refractivity contribution in [2.45, 2.75) is 39.5 Å². The second-order valence-corrected chi connectivity index (χ2v) is 8.43. The summed E-state index contributed by atoms with van der Waals surface area (Å²) in [5.41, 5.74) is 3.22. The summed E-state index contributed by atoms with van der Waals surface area (Å²) in [6.45, 7) is 7.67. The summed E-state index contributed by atoms with van der Waals surface area (Å²) in [6, 6.07) is 8.69. The van der Waals surface area contributed by atoms with Gasteiger partial charge in [0.25, 0.3) is 5.56 Å². The zero-order valence-corrected chi connectivity index (χ0v) is 17.9. The number of piperidine rings is 1. The van der Waals surface area contributed by atoms with Crippen LogP contribution < -0.4 is 10.9 Å². The highest BCUT2D eigenvalue weighted by molar-refractivity contribution is 5.78. The number of likely N-dealkylation sites (tertiary alicyclic amines) is 1. The highest BCUT2D eigenvalue weighted by Crippen LogP contribution is 2.26. The number of fused-ring (bicyclic) bond motifs is 1. The number of hydrogen-bond acceptors (Lipinski definition) is 6. The van der Waals surface area contributed by atoms with Gasteiger partial charge in [0.05, 0.1) is 5.56 Å². The molecular formula is C23H30N4O3.